The second-order valence-electron chi connectivity index (χ2n) is 5.23. The van der Waals surface area contributed by atoms with E-state index in [-0.39, 0.29) is 0 Å². The molecule has 0 saturated carbocycles. The predicted octanol–water partition coefficient (Wildman–Crippen LogP) is 3.20. The average molecular weight is 269 g/mol. The Morgan fingerprint density at radius 2 is 1.89 bits per heavy atom. The second-order valence-corrected chi connectivity index (χ2v) is 5.64. The minimum Gasteiger partial charge on any atom is -0.313 e. The third-order valence-corrected chi connectivity index (χ3v) is 3.66. The SMILES string of the molecule is CC(C)N(C)C[C@H](C)NCCc1ccccc1Cl. The summed E-state index contributed by atoms with van der Waals surface area (Å²) in [5.74, 6) is 0. The summed E-state index contributed by atoms with van der Waals surface area (Å²) in [4.78, 5) is 2.35. The molecule has 1 aromatic carbocycles. The Hall–Kier alpha value is -0.570. The fourth-order valence-electron chi connectivity index (χ4n) is 1.86. The Kier molecular flexibility index (Phi) is 6.69. The van der Waals surface area contributed by atoms with Gasteiger partial charge in [-0.2, -0.15) is 0 Å². The number of nitrogens with zero attached hydrogens (tertiary/aromatic N) is 1. The summed E-state index contributed by atoms with van der Waals surface area (Å²) >= 11 is 6.13. The number of likely N-dealkylation sites (N-methyl/N-ethyl adjacent to an activating group) is 1. The van der Waals surface area contributed by atoms with Gasteiger partial charge >= 0.3 is 0 Å². The zero-order valence-electron chi connectivity index (χ0n) is 11.9. The Morgan fingerprint density at radius 3 is 2.50 bits per heavy atom. The summed E-state index contributed by atoms with van der Waals surface area (Å²) in [7, 11) is 2.16. The summed E-state index contributed by atoms with van der Waals surface area (Å²) in [6.07, 6.45) is 0.982. The van der Waals surface area contributed by atoms with E-state index in [9.17, 15) is 0 Å². The van der Waals surface area contributed by atoms with E-state index >= 15 is 0 Å². The van der Waals surface area contributed by atoms with Crippen LogP contribution in [-0.4, -0.2) is 37.1 Å². The molecule has 102 valence electrons. The van der Waals surface area contributed by atoms with Gasteiger partial charge in [-0.25, -0.2) is 0 Å². The van der Waals surface area contributed by atoms with Crippen molar-refractivity contribution < 1.29 is 0 Å². The maximum atomic E-state index is 6.13. The van der Waals surface area contributed by atoms with Crippen LogP contribution in [0.3, 0.4) is 0 Å². The van der Waals surface area contributed by atoms with Crippen molar-refractivity contribution in [2.45, 2.75) is 39.3 Å². The molecule has 18 heavy (non-hydrogen) atoms. The van der Waals surface area contributed by atoms with Crippen molar-refractivity contribution in [2.24, 2.45) is 0 Å². The largest absolute Gasteiger partial charge is 0.313 e. The molecular formula is C15H25ClN2. The van der Waals surface area contributed by atoms with Crippen LogP contribution >= 0.6 is 11.6 Å². The van der Waals surface area contributed by atoms with Gasteiger partial charge in [0, 0.05) is 23.7 Å². The number of rotatable bonds is 7. The maximum absolute atomic E-state index is 6.13. The van der Waals surface area contributed by atoms with E-state index in [1.54, 1.807) is 0 Å². The quantitative estimate of drug-likeness (QED) is 0.817. The highest BCUT2D eigenvalue weighted by Gasteiger charge is 2.08. The molecule has 0 aliphatic heterocycles. The molecule has 0 unspecified atom stereocenters. The van der Waals surface area contributed by atoms with Crippen LogP contribution in [0.1, 0.15) is 26.3 Å². The van der Waals surface area contributed by atoms with Crippen LogP contribution in [-0.2, 0) is 6.42 Å². The summed E-state index contributed by atoms with van der Waals surface area (Å²) in [6, 6.07) is 9.15. The lowest BCUT2D eigenvalue weighted by Gasteiger charge is -2.25. The van der Waals surface area contributed by atoms with E-state index in [1.165, 1.54) is 5.56 Å². The smallest absolute Gasteiger partial charge is 0.0438 e. The first-order chi connectivity index (χ1) is 8.50. The van der Waals surface area contributed by atoms with Crippen LogP contribution in [0.2, 0.25) is 5.02 Å². The van der Waals surface area contributed by atoms with Crippen molar-refractivity contribution in [2.75, 3.05) is 20.1 Å². The van der Waals surface area contributed by atoms with Gasteiger partial charge in [0.15, 0.2) is 0 Å². The van der Waals surface area contributed by atoms with Gasteiger partial charge in [0.2, 0.25) is 0 Å². The molecular weight excluding hydrogens is 244 g/mol. The van der Waals surface area contributed by atoms with Gasteiger partial charge in [-0.05, 0) is 52.4 Å². The van der Waals surface area contributed by atoms with E-state index in [0.29, 0.717) is 12.1 Å². The number of benzene rings is 1. The zero-order chi connectivity index (χ0) is 13.5. The zero-order valence-corrected chi connectivity index (χ0v) is 12.7. The molecule has 1 rings (SSSR count). The molecule has 0 spiro atoms. The van der Waals surface area contributed by atoms with Crippen LogP contribution in [0.5, 0.6) is 0 Å². The molecule has 0 aromatic heterocycles. The lowest BCUT2D eigenvalue weighted by atomic mass is 10.1. The van der Waals surface area contributed by atoms with Crippen LogP contribution in [0.15, 0.2) is 24.3 Å². The van der Waals surface area contributed by atoms with Gasteiger partial charge in [-0.1, -0.05) is 29.8 Å². The molecule has 2 nitrogen and oxygen atoms in total. The molecule has 0 fully saturated rings. The first-order valence-electron chi connectivity index (χ1n) is 6.67. The highest BCUT2D eigenvalue weighted by atomic mass is 35.5. The minimum atomic E-state index is 0.500. The van der Waals surface area contributed by atoms with Gasteiger partial charge in [-0.3, -0.25) is 0 Å². The second kappa shape index (κ2) is 7.78. The average Bonchev–Trinajstić information content (AvgIpc) is 2.31. The Morgan fingerprint density at radius 1 is 1.22 bits per heavy atom. The van der Waals surface area contributed by atoms with Gasteiger partial charge in [0.25, 0.3) is 0 Å². The summed E-state index contributed by atoms with van der Waals surface area (Å²) in [5, 5.41) is 4.41. The monoisotopic (exact) mass is 268 g/mol. The Labute approximate surface area is 116 Å². The van der Waals surface area contributed by atoms with Gasteiger partial charge < -0.3 is 10.2 Å². The molecule has 0 bridgehead atoms. The molecule has 0 saturated heterocycles. The molecule has 1 atom stereocenters. The topological polar surface area (TPSA) is 15.3 Å². The normalized spacial score (nSPS) is 13.3. The molecule has 0 aliphatic carbocycles. The first-order valence-corrected chi connectivity index (χ1v) is 7.05. The molecule has 3 heteroatoms. The van der Waals surface area contributed by atoms with Crippen LogP contribution < -0.4 is 5.32 Å². The highest BCUT2D eigenvalue weighted by molar-refractivity contribution is 6.31. The standard InChI is InChI=1S/C15H25ClN2/c1-12(2)18(4)11-13(3)17-10-9-14-7-5-6-8-15(14)16/h5-8,12-13,17H,9-11H2,1-4H3/t13-/m0/s1. The lowest BCUT2D eigenvalue weighted by Crippen LogP contribution is -2.40. The van der Waals surface area contributed by atoms with E-state index < -0.39 is 0 Å². The molecule has 0 aliphatic rings. The predicted molar refractivity (Wildman–Crippen MR) is 80.4 cm³/mol. The lowest BCUT2D eigenvalue weighted by molar-refractivity contribution is 0.247. The van der Waals surface area contributed by atoms with Crippen molar-refractivity contribution in [1.82, 2.24) is 10.2 Å². The fourth-order valence-corrected chi connectivity index (χ4v) is 2.09. The maximum Gasteiger partial charge on any atom is 0.0438 e. The van der Waals surface area contributed by atoms with E-state index in [0.717, 1.165) is 24.5 Å². The van der Waals surface area contributed by atoms with Gasteiger partial charge in [0.05, 0.1) is 0 Å². The van der Waals surface area contributed by atoms with Crippen LogP contribution in [0, 0.1) is 0 Å². The fraction of sp³-hybridized carbons (Fsp3) is 0.600. The van der Waals surface area contributed by atoms with Gasteiger partial charge in [0.1, 0.15) is 0 Å². The summed E-state index contributed by atoms with van der Waals surface area (Å²) in [5.41, 5.74) is 1.22. The molecule has 0 amide bonds. The Balaban J connectivity index is 2.27. The van der Waals surface area contributed by atoms with Crippen LogP contribution in [0.25, 0.3) is 0 Å². The van der Waals surface area contributed by atoms with Crippen molar-refractivity contribution >= 4 is 11.6 Å². The Bertz CT molecular complexity index is 352. The molecule has 0 heterocycles. The van der Waals surface area contributed by atoms with Crippen molar-refractivity contribution in [3.63, 3.8) is 0 Å². The number of hydrogen-bond donors (Lipinski definition) is 1. The van der Waals surface area contributed by atoms with Crippen molar-refractivity contribution in [3.05, 3.63) is 34.9 Å². The van der Waals surface area contributed by atoms with Gasteiger partial charge in [-0.15, -0.1) is 0 Å². The minimum absolute atomic E-state index is 0.500. The number of hydrogen-bond acceptors (Lipinski definition) is 2. The van der Waals surface area contributed by atoms with Crippen LogP contribution in [0.4, 0.5) is 0 Å². The summed E-state index contributed by atoms with van der Waals surface area (Å²) in [6.45, 7) is 8.70. The number of halogens is 1. The first kappa shape index (κ1) is 15.5. The molecule has 0 radical (unpaired) electrons. The molecule has 1 aromatic rings. The van der Waals surface area contributed by atoms with E-state index in [1.807, 2.05) is 18.2 Å². The number of nitrogens with one attached hydrogen (secondary N) is 1. The summed E-state index contributed by atoms with van der Waals surface area (Å²) < 4.78 is 0. The van der Waals surface area contributed by atoms with Crippen molar-refractivity contribution in [1.29, 1.82) is 0 Å². The highest BCUT2D eigenvalue weighted by Crippen LogP contribution is 2.14. The van der Waals surface area contributed by atoms with E-state index in [2.05, 4.69) is 44.1 Å². The third kappa shape index (κ3) is 5.38. The third-order valence-electron chi connectivity index (χ3n) is 3.29. The van der Waals surface area contributed by atoms with Crippen molar-refractivity contribution in [3.8, 4) is 0 Å². The molecule has 1 N–H and O–H groups in total. The van der Waals surface area contributed by atoms with E-state index in [4.69, 9.17) is 11.6 Å².